The van der Waals surface area contributed by atoms with E-state index >= 15 is 0 Å². The fourth-order valence-electron chi connectivity index (χ4n) is 3.89. The van der Waals surface area contributed by atoms with Crippen LogP contribution in [0.4, 0.5) is 5.69 Å². The van der Waals surface area contributed by atoms with Crippen molar-refractivity contribution in [2.45, 2.75) is 32.2 Å². The van der Waals surface area contributed by atoms with Crippen molar-refractivity contribution in [1.29, 1.82) is 0 Å². The van der Waals surface area contributed by atoms with Gasteiger partial charge in [0.1, 0.15) is 5.75 Å². The van der Waals surface area contributed by atoms with Crippen LogP contribution in [0.1, 0.15) is 37.8 Å². The van der Waals surface area contributed by atoms with Crippen LogP contribution in [-0.2, 0) is 0 Å². The molecule has 1 atom stereocenters. The molecule has 0 radical (unpaired) electrons. The first-order chi connectivity index (χ1) is 13.2. The number of benzene rings is 3. The number of fused-ring (bicyclic) bond motifs is 1. The maximum Gasteiger partial charge on any atom is 1.00 e. The van der Waals surface area contributed by atoms with Crippen molar-refractivity contribution in [2.75, 3.05) is 12.0 Å². The Morgan fingerprint density at radius 1 is 0.964 bits per heavy atom. The van der Waals surface area contributed by atoms with Crippen molar-refractivity contribution in [3.05, 3.63) is 83.7 Å². The summed E-state index contributed by atoms with van der Waals surface area (Å²) in [5.41, 5.74) is 2.99. The molecule has 0 spiro atoms. The smallest absolute Gasteiger partial charge is 0.860 e. The molecule has 0 amide bonds. The Morgan fingerprint density at radius 2 is 1.68 bits per heavy atom. The van der Waals surface area contributed by atoms with E-state index in [1.165, 1.54) is 10.8 Å². The van der Waals surface area contributed by atoms with Crippen LogP contribution in [0.25, 0.3) is 10.8 Å². The van der Waals surface area contributed by atoms with Gasteiger partial charge in [-0.25, -0.2) is 0 Å². The topological polar surface area (TPSA) is 35.5 Å². The van der Waals surface area contributed by atoms with Crippen molar-refractivity contribution < 1.29 is 28.7 Å². The van der Waals surface area contributed by atoms with Gasteiger partial charge in [0.25, 0.3) is 0 Å². The first-order valence-electron chi connectivity index (χ1n) is 9.55. The zero-order valence-corrected chi connectivity index (χ0v) is 16.8. The van der Waals surface area contributed by atoms with Crippen molar-refractivity contribution in [1.82, 2.24) is 0 Å². The molecule has 1 unspecified atom stereocenters. The van der Waals surface area contributed by atoms with Gasteiger partial charge >= 0.3 is 18.9 Å². The molecule has 28 heavy (non-hydrogen) atoms. The van der Waals surface area contributed by atoms with Crippen LogP contribution in [0.2, 0.25) is 0 Å². The first-order valence-corrected chi connectivity index (χ1v) is 9.55. The predicted molar refractivity (Wildman–Crippen MR) is 109 cm³/mol. The minimum absolute atomic E-state index is 0. The number of nitrogens with zero attached hydrogens (tertiary/aromatic N) is 1. The van der Waals surface area contributed by atoms with Gasteiger partial charge in [-0.2, -0.15) is 0 Å². The molecule has 4 heteroatoms. The van der Waals surface area contributed by atoms with Crippen LogP contribution < -0.4 is 33.6 Å². The molecule has 138 valence electrons. The van der Waals surface area contributed by atoms with Gasteiger partial charge < -0.3 is 14.7 Å². The molecule has 1 aliphatic heterocycles. The molecule has 0 saturated carbocycles. The monoisotopic (exact) mass is 365 g/mol. The van der Waals surface area contributed by atoms with E-state index in [1.807, 2.05) is 29.2 Å². The van der Waals surface area contributed by atoms with E-state index in [9.17, 15) is 5.11 Å². The second-order valence-electron chi connectivity index (χ2n) is 6.98. The maximum absolute atomic E-state index is 13.0. The summed E-state index contributed by atoms with van der Waals surface area (Å²) in [6.07, 6.45) is 2.96. The van der Waals surface area contributed by atoms with Gasteiger partial charge in [-0.15, -0.1) is 0 Å². The first kappa shape index (κ1) is 20.4. The minimum Gasteiger partial charge on any atom is -0.860 e. The third-order valence-electron chi connectivity index (χ3n) is 5.32. The van der Waals surface area contributed by atoms with Crippen LogP contribution in [0.15, 0.2) is 78.2 Å². The Morgan fingerprint density at radius 3 is 2.43 bits per heavy atom. The molecule has 0 N–H and O–H groups in total. The van der Waals surface area contributed by atoms with Crippen LogP contribution in [0, 0.1) is 0 Å². The zero-order chi connectivity index (χ0) is 18.8. The van der Waals surface area contributed by atoms with Gasteiger partial charge in [0.2, 0.25) is 0 Å². The second kappa shape index (κ2) is 8.77. The van der Waals surface area contributed by atoms with Crippen molar-refractivity contribution in [3.63, 3.8) is 0 Å². The van der Waals surface area contributed by atoms with E-state index in [1.54, 1.807) is 7.11 Å². The van der Waals surface area contributed by atoms with Crippen LogP contribution >= 0.6 is 0 Å². The summed E-state index contributed by atoms with van der Waals surface area (Å²) in [6.45, 7) is 2.16. The molecule has 0 fully saturated rings. The van der Waals surface area contributed by atoms with E-state index in [0.29, 0.717) is 0 Å². The summed E-state index contributed by atoms with van der Waals surface area (Å²) in [5, 5.41) is 15.4. The van der Waals surface area contributed by atoms with Gasteiger partial charge in [0, 0.05) is 0 Å². The molecular weight excluding hydrogens is 341 g/mol. The molecule has 3 nitrogen and oxygen atoms in total. The third-order valence-corrected chi connectivity index (χ3v) is 5.32. The Balaban J connectivity index is 0.00000225. The minimum atomic E-state index is -0.0232. The molecule has 0 saturated heterocycles. The quantitative estimate of drug-likeness (QED) is 0.628. The number of para-hydroxylation sites is 2. The molecule has 1 aliphatic rings. The number of methoxy groups -OCH3 is 1. The van der Waals surface area contributed by atoms with Gasteiger partial charge in [-0.3, -0.25) is 0 Å². The number of unbranched alkanes of at least 4 members (excludes halogenated alkanes) is 1. The summed E-state index contributed by atoms with van der Waals surface area (Å²) >= 11 is 0. The van der Waals surface area contributed by atoms with E-state index in [2.05, 4.69) is 49.4 Å². The van der Waals surface area contributed by atoms with E-state index < -0.39 is 0 Å². The van der Waals surface area contributed by atoms with Crippen LogP contribution in [0.5, 0.6) is 5.75 Å². The largest absolute Gasteiger partial charge is 1.00 e. The normalized spacial score (nSPS) is 15.9. The standard InChI is InChI=1S/C24H25NO2.Li/c1-3-4-11-20-23(19-15-14-17-9-5-6-10-18(17)16-19)25(24(20)26)21-12-7-8-13-22(21)27-2;/h5-10,12-16,23,26H,3-4,11H2,1-2H3;/q;+1/p-1. The summed E-state index contributed by atoms with van der Waals surface area (Å²) in [5.74, 6) is 0.845. The molecule has 0 aliphatic carbocycles. The number of anilines is 1. The Bertz CT molecular complexity index is 999. The molecular formula is C24H24LiNO2. The third kappa shape index (κ3) is 3.53. The molecule has 0 bridgehead atoms. The number of rotatable bonds is 6. The fraction of sp³-hybridized carbons (Fsp3) is 0.250. The van der Waals surface area contributed by atoms with Crippen LogP contribution in [-0.4, -0.2) is 7.11 Å². The van der Waals surface area contributed by atoms with E-state index in [-0.39, 0.29) is 30.8 Å². The molecule has 3 aromatic rings. The average Bonchev–Trinajstić information content (AvgIpc) is 2.72. The molecule has 0 aromatic heterocycles. The summed E-state index contributed by atoms with van der Waals surface area (Å²) < 4.78 is 5.52. The van der Waals surface area contributed by atoms with Gasteiger partial charge in [0.05, 0.1) is 18.8 Å². The molecule has 4 rings (SSSR count). The van der Waals surface area contributed by atoms with E-state index in [4.69, 9.17) is 4.74 Å². The zero-order valence-electron chi connectivity index (χ0n) is 16.8. The summed E-state index contributed by atoms with van der Waals surface area (Å²) in [7, 11) is 1.65. The SMILES string of the molecule is CCCCC1=C([O-])N(c2ccccc2OC)C1c1ccc2ccccc2c1.[Li+]. The van der Waals surface area contributed by atoms with Crippen molar-refractivity contribution in [2.24, 2.45) is 0 Å². The second-order valence-corrected chi connectivity index (χ2v) is 6.98. The Hall–Kier alpha value is -2.34. The molecule has 3 aromatic carbocycles. The Labute approximate surface area is 178 Å². The maximum atomic E-state index is 13.0. The van der Waals surface area contributed by atoms with Gasteiger partial charge in [0.15, 0.2) is 0 Å². The van der Waals surface area contributed by atoms with Gasteiger partial charge in [-0.05, 0) is 58.8 Å². The molecule has 1 heterocycles. The number of hydrogen-bond donors (Lipinski definition) is 0. The summed E-state index contributed by atoms with van der Waals surface area (Å²) in [6, 6.07) is 22.6. The van der Waals surface area contributed by atoms with E-state index in [0.717, 1.165) is 41.8 Å². The number of ether oxygens (including phenoxy) is 1. The van der Waals surface area contributed by atoms with Crippen molar-refractivity contribution in [3.8, 4) is 5.75 Å². The van der Waals surface area contributed by atoms with Crippen molar-refractivity contribution >= 4 is 16.5 Å². The average molecular weight is 365 g/mol. The summed E-state index contributed by atoms with van der Waals surface area (Å²) in [4.78, 5) is 1.88. The number of hydrogen-bond acceptors (Lipinski definition) is 3. The fourth-order valence-corrected chi connectivity index (χ4v) is 3.89. The van der Waals surface area contributed by atoms with Crippen LogP contribution in [0.3, 0.4) is 0 Å². The Kier molecular flexibility index (Phi) is 6.39. The predicted octanol–water partition coefficient (Wildman–Crippen LogP) is 2.18. The van der Waals surface area contributed by atoms with Gasteiger partial charge in [-0.1, -0.05) is 61.9 Å².